The number of benzene rings is 1. The topological polar surface area (TPSA) is 45.1 Å². The second-order valence-corrected chi connectivity index (χ2v) is 8.12. The van der Waals surface area contributed by atoms with E-state index in [2.05, 4.69) is 36.1 Å². The highest BCUT2D eigenvalue weighted by Crippen LogP contribution is 2.50. The van der Waals surface area contributed by atoms with Crippen LogP contribution in [0.2, 0.25) is 0 Å². The summed E-state index contributed by atoms with van der Waals surface area (Å²) in [5, 5.41) is 0. The van der Waals surface area contributed by atoms with Crippen LogP contribution in [0, 0.1) is 18.8 Å². The zero-order valence-corrected chi connectivity index (χ0v) is 16.1. The van der Waals surface area contributed by atoms with Crippen molar-refractivity contribution >= 4 is 11.7 Å². The first-order valence-electron chi connectivity index (χ1n) is 9.69. The van der Waals surface area contributed by atoms with Crippen molar-refractivity contribution in [3.8, 4) is 0 Å². The number of amidine groups is 1. The number of amides is 1. The van der Waals surface area contributed by atoms with Gasteiger partial charge in [-0.3, -0.25) is 19.6 Å². The molecule has 5 heteroatoms. The highest BCUT2D eigenvalue weighted by atomic mass is 16.5. The van der Waals surface area contributed by atoms with Crippen molar-refractivity contribution in [2.75, 3.05) is 33.4 Å². The lowest BCUT2D eigenvalue weighted by Gasteiger charge is -2.28. The molecule has 0 aromatic heterocycles. The number of aryl methyl sites for hydroxylation is 1. The Morgan fingerprint density at radius 3 is 2.73 bits per heavy atom. The maximum Gasteiger partial charge on any atom is 0.256 e. The first-order chi connectivity index (χ1) is 12.5. The number of hydrogen-bond donors (Lipinski definition) is 0. The first kappa shape index (κ1) is 17.7. The molecule has 0 radical (unpaired) electrons. The predicted octanol–water partition coefficient (Wildman–Crippen LogP) is 2.48. The molecule has 1 amide bonds. The molecule has 5 nitrogen and oxygen atoms in total. The molecule has 0 bridgehead atoms. The molecule has 1 saturated heterocycles. The van der Waals surface area contributed by atoms with Gasteiger partial charge in [0.05, 0.1) is 13.2 Å². The van der Waals surface area contributed by atoms with Crippen LogP contribution in [-0.2, 0) is 16.1 Å². The normalized spacial score (nSPS) is 31.1. The molecule has 0 unspecified atom stereocenters. The average molecular weight is 355 g/mol. The quantitative estimate of drug-likeness (QED) is 0.815. The average Bonchev–Trinajstić information content (AvgIpc) is 3.24. The van der Waals surface area contributed by atoms with Crippen LogP contribution < -0.4 is 0 Å². The largest absolute Gasteiger partial charge is 0.383 e. The molecule has 2 heterocycles. The number of methoxy groups -OCH3 is 1. The minimum atomic E-state index is -0.509. The fourth-order valence-electron chi connectivity index (χ4n) is 5.09. The minimum Gasteiger partial charge on any atom is -0.383 e. The van der Waals surface area contributed by atoms with Crippen LogP contribution in [0.1, 0.15) is 30.9 Å². The number of likely N-dealkylation sites (tertiary alicyclic amines) is 1. The number of aliphatic imine (C=N–C) groups is 1. The molecular weight excluding hydrogens is 326 g/mol. The second-order valence-electron chi connectivity index (χ2n) is 8.12. The van der Waals surface area contributed by atoms with E-state index < -0.39 is 5.54 Å². The van der Waals surface area contributed by atoms with Gasteiger partial charge in [0.2, 0.25) is 0 Å². The van der Waals surface area contributed by atoms with Gasteiger partial charge in [-0.15, -0.1) is 0 Å². The van der Waals surface area contributed by atoms with Crippen LogP contribution in [0.25, 0.3) is 0 Å². The number of nitrogens with zero attached hydrogens (tertiary/aromatic N) is 3. The van der Waals surface area contributed by atoms with E-state index in [4.69, 9.17) is 9.73 Å². The van der Waals surface area contributed by atoms with Gasteiger partial charge in [-0.2, -0.15) is 0 Å². The van der Waals surface area contributed by atoms with Gasteiger partial charge in [0, 0.05) is 32.7 Å². The molecule has 26 heavy (non-hydrogen) atoms. The summed E-state index contributed by atoms with van der Waals surface area (Å²) in [4.78, 5) is 22.5. The van der Waals surface area contributed by atoms with Crippen LogP contribution >= 0.6 is 0 Å². The van der Waals surface area contributed by atoms with Gasteiger partial charge in [0.25, 0.3) is 5.91 Å². The number of fused-ring (bicyclic) bond motifs is 2. The van der Waals surface area contributed by atoms with Crippen molar-refractivity contribution in [1.82, 2.24) is 9.80 Å². The zero-order chi connectivity index (χ0) is 18.3. The molecular formula is C21H29N3O2. The number of ether oxygens (including phenoxy) is 1. The molecule has 4 rings (SSSR count). The lowest BCUT2D eigenvalue weighted by Crippen LogP contribution is -2.47. The van der Waals surface area contributed by atoms with E-state index in [0.717, 1.165) is 38.3 Å². The lowest BCUT2D eigenvalue weighted by atomic mass is 9.85. The minimum absolute atomic E-state index is 0.205. The Morgan fingerprint density at radius 1 is 1.23 bits per heavy atom. The Balaban J connectivity index is 1.48. The molecule has 0 N–H and O–H groups in total. The number of carbonyl (C=O) groups is 1. The number of hydrogen-bond acceptors (Lipinski definition) is 4. The summed E-state index contributed by atoms with van der Waals surface area (Å²) in [7, 11) is 1.67. The Morgan fingerprint density at radius 2 is 2.00 bits per heavy atom. The van der Waals surface area contributed by atoms with E-state index in [9.17, 15) is 4.79 Å². The molecule has 3 atom stereocenters. The van der Waals surface area contributed by atoms with Gasteiger partial charge in [-0.05, 0) is 38.2 Å². The number of rotatable bonds is 5. The Kier molecular flexibility index (Phi) is 4.61. The maximum atomic E-state index is 13.2. The number of carbonyl (C=O) groups excluding carboxylic acids is 1. The molecule has 1 spiro atoms. The smallest absolute Gasteiger partial charge is 0.256 e. The maximum absolute atomic E-state index is 13.2. The van der Waals surface area contributed by atoms with E-state index in [1.165, 1.54) is 11.1 Å². The van der Waals surface area contributed by atoms with Crippen LogP contribution in [0.5, 0.6) is 0 Å². The standard InChI is InChI=1S/C21H29N3O2/c1-15-4-6-17(7-5-15)12-23-13-18-8-9-21(19(18)14-23)20(25)24(10-11-26-3)16(2)22-21/h4-7,18-19H,8-14H2,1-3H3/t18-,19+,21-/m0/s1. The van der Waals surface area contributed by atoms with E-state index >= 15 is 0 Å². The molecule has 1 aromatic rings. The van der Waals surface area contributed by atoms with E-state index in [-0.39, 0.29) is 5.91 Å². The van der Waals surface area contributed by atoms with Crippen molar-refractivity contribution in [2.24, 2.45) is 16.8 Å². The van der Waals surface area contributed by atoms with Gasteiger partial charge in [-0.1, -0.05) is 29.8 Å². The van der Waals surface area contributed by atoms with E-state index in [1.807, 2.05) is 11.8 Å². The fraction of sp³-hybridized carbons (Fsp3) is 0.619. The van der Waals surface area contributed by atoms with Crippen molar-refractivity contribution in [1.29, 1.82) is 0 Å². The van der Waals surface area contributed by atoms with Crippen LogP contribution in [0.15, 0.2) is 29.3 Å². The zero-order valence-electron chi connectivity index (χ0n) is 16.1. The summed E-state index contributed by atoms with van der Waals surface area (Å²) >= 11 is 0. The SMILES string of the molecule is COCCN1C(=O)[C@@]2(CC[C@H]3CN(Cc4ccc(C)cc4)C[C@H]32)N=C1C. The summed E-state index contributed by atoms with van der Waals surface area (Å²) in [6.07, 6.45) is 2.01. The highest BCUT2D eigenvalue weighted by molar-refractivity contribution is 6.07. The Bertz CT molecular complexity index is 714. The summed E-state index contributed by atoms with van der Waals surface area (Å²) in [6, 6.07) is 8.79. The predicted molar refractivity (Wildman–Crippen MR) is 102 cm³/mol. The van der Waals surface area contributed by atoms with Gasteiger partial charge in [0.15, 0.2) is 0 Å². The third-order valence-corrected chi connectivity index (χ3v) is 6.44. The molecule has 1 aliphatic carbocycles. The van der Waals surface area contributed by atoms with Gasteiger partial charge >= 0.3 is 0 Å². The van der Waals surface area contributed by atoms with Crippen molar-refractivity contribution in [3.63, 3.8) is 0 Å². The van der Waals surface area contributed by atoms with Crippen molar-refractivity contribution < 1.29 is 9.53 Å². The Labute approximate surface area is 156 Å². The summed E-state index contributed by atoms with van der Waals surface area (Å²) in [5.74, 6) is 2.01. The summed E-state index contributed by atoms with van der Waals surface area (Å²) in [6.45, 7) is 8.27. The van der Waals surface area contributed by atoms with Crippen LogP contribution in [0.3, 0.4) is 0 Å². The molecule has 3 aliphatic rings. The fourth-order valence-corrected chi connectivity index (χ4v) is 5.09. The van der Waals surface area contributed by atoms with Crippen molar-refractivity contribution in [2.45, 2.75) is 38.8 Å². The summed E-state index contributed by atoms with van der Waals surface area (Å²) in [5.41, 5.74) is 2.14. The second kappa shape index (κ2) is 6.78. The lowest BCUT2D eigenvalue weighted by molar-refractivity contribution is -0.132. The van der Waals surface area contributed by atoms with Gasteiger partial charge in [-0.25, -0.2) is 0 Å². The molecule has 1 aromatic carbocycles. The third-order valence-electron chi connectivity index (χ3n) is 6.44. The van der Waals surface area contributed by atoms with Crippen LogP contribution in [-0.4, -0.2) is 60.4 Å². The molecule has 140 valence electrons. The Hall–Kier alpha value is -1.72. The first-order valence-corrected chi connectivity index (χ1v) is 9.69. The molecule has 1 saturated carbocycles. The van der Waals surface area contributed by atoms with Crippen LogP contribution in [0.4, 0.5) is 0 Å². The molecule has 2 aliphatic heterocycles. The van der Waals surface area contributed by atoms with Gasteiger partial charge in [0.1, 0.15) is 11.4 Å². The van der Waals surface area contributed by atoms with Crippen molar-refractivity contribution in [3.05, 3.63) is 35.4 Å². The van der Waals surface area contributed by atoms with E-state index in [1.54, 1.807) is 7.11 Å². The molecule has 2 fully saturated rings. The van der Waals surface area contributed by atoms with E-state index in [0.29, 0.717) is 25.0 Å². The summed E-state index contributed by atoms with van der Waals surface area (Å²) < 4.78 is 5.17. The monoisotopic (exact) mass is 355 g/mol. The van der Waals surface area contributed by atoms with Gasteiger partial charge < -0.3 is 4.74 Å². The third kappa shape index (κ3) is 2.87. The highest BCUT2D eigenvalue weighted by Gasteiger charge is 2.60.